The zero-order valence-electron chi connectivity index (χ0n) is 11.5. The number of nitrogens with zero attached hydrogens (tertiary/aromatic N) is 1. The maximum absolute atomic E-state index is 12.4. The maximum Gasteiger partial charge on any atom is 0.227 e. The number of alkyl halides is 1. The number of benzene rings is 1. The molecule has 2 nitrogen and oxygen atoms in total. The van der Waals surface area contributed by atoms with Gasteiger partial charge in [0.15, 0.2) is 0 Å². The average Bonchev–Trinajstić information content (AvgIpc) is 2.41. The molecule has 0 unspecified atom stereocenters. The molecular formula is C15H21Cl2NO. The van der Waals surface area contributed by atoms with Crippen molar-refractivity contribution in [1.82, 2.24) is 4.90 Å². The van der Waals surface area contributed by atoms with E-state index in [-0.39, 0.29) is 11.9 Å². The predicted molar refractivity (Wildman–Crippen MR) is 82.0 cm³/mol. The normalized spacial score (nSPS) is 10.8. The lowest BCUT2D eigenvalue weighted by Crippen LogP contribution is -2.41. The van der Waals surface area contributed by atoms with Gasteiger partial charge < -0.3 is 4.90 Å². The molecule has 0 fully saturated rings. The predicted octanol–water partition coefficient (Wildman–Crippen LogP) is 4.14. The topological polar surface area (TPSA) is 20.3 Å². The third-order valence-electron chi connectivity index (χ3n) is 3.30. The molecule has 0 N–H and O–H groups in total. The molecule has 4 heteroatoms. The van der Waals surface area contributed by atoms with Gasteiger partial charge in [-0.2, -0.15) is 0 Å². The molecule has 106 valence electrons. The van der Waals surface area contributed by atoms with Gasteiger partial charge >= 0.3 is 0 Å². The highest BCUT2D eigenvalue weighted by Crippen LogP contribution is 2.14. The second-order valence-corrected chi connectivity index (χ2v) is 5.36. The van der Waals surface area contributed by atoms with E-state index in [1.165, 1.54) is 0 Å². The Morgan fingerprint density at radius 3 is 2.26 bits per heavy atom. The molecule has 1 aromatic rings. The van der Waals surface area contributed by atoms with Crippen molar-refractivity contribution in [2.24, 2.45) is 0 Å². The van der Waals surface area contributed by atoms with Gasteiger partial charge in [0.1, 0.15) is 0 Å². The first-order valence-electron chi connectivity index (χ1n) is 6.72. The number of rotatable bonds is 7. The summed E-state index contributed by atoms with van der Waals surface area (Å²) in [6.07, 6.45) is 2.32. The Bertz CT molecular complexity index is 388. The summed E-state index contributed by atoms with van der Waals surface area (Å²) in [5, 5.41) is 0.689. The van der Waals surface area contributed by atoms with E-state index in [9.17, 15) is 4.79 Å². The van der Waals surface area contributed by atoms with Crippen LogP contribution in [0.1, 0.15) is 32.3 Å². The van der Waals surface area contributed by atoms with Gasteiger partial charge in [-0.3, -0.25) is 4.79 Å². The lowest BCUT2D eigenvalue weighted by molar-refractivity contribution is -0.132. The van der Waals surface area contributed by atoms with Crippen molar-refractivity contribution >= 4 is 29.1 Å². The van der Waals surface area contributed by atoms with Gasteiger partial charge in [0, 0.05) is 23.5 Å². The van der Waals surface area contributed by atoms with Crippen molar-refractivity contribution in [3.05, 3.63) is 34.9 Å². The van der Waals surface area contributed by atoms with Crippen molar-refractivity contribution in [3.63, 3.8) is 0 Å². The van der Waals surface area contributed by atoms with Crippen molar-refractivity contribution in [2.45, 2.75) is 39.2 Å². The minimum Gasteiger partial charge on any atom is -0.338 e. The number of carbonyl (C=O) groups excluding carboxylic acids is 1. The molecule has 0 saturated carbocycles. The summed E-state index contributed by atoms with van der Waals surface area (Å²) in [4.78, 5) is 14.3. The van der Waals surface area contributed by atoms with E-state index in [0.29, 0.717) is 23.9 Å². The number of hydrogen-bond donors (Lipinski definition) is 0. The van der Waals surface area contributed by atoms with Crippen LogP contribution in [-0.2, 0) is 11.2 Å². The number of carbonyl (C=O) groups is 1. The molecule has 0 atom stereocenters. The van der Waals surface area contributed by atoms with Gasteiger partial charge in [-0.15, -0.1) is 11.6 Å². The van der Waals surface area contributed by atoms with Crippen molar-refractivity contribution in [1.29, 1.82) is 0 Å². The van der Waals surface area contributed by atoms with Crippen LogP contribution in [0.4, 0.5) is 0 Å². The van der Waals surface area contributed by atoms with Crippen LogP contribution < -0.4 is 0 Å². The Hall–Kier alpha value is -0.730. The fraction of sp³-hybridized carbons (Fsp3) is 0.533. The maximum atomic E-state index is 12.4. The summed E-state index contributed by atoms with van der Waals surface area (Å²) in [6.45, 7) is 4.82. The number of halogens is 2. The molecule has 1 rings (SSSR count). The van der Waals surface area contributed by atoms with Gasteiger partial charge in [0.05, 0.1) is 6.42 Å². The zero-order chi connectivity index (χ0) is 14.3. The quantitative estimate of drug-likeness (QED) is 0.693. The molecule has 0 heterocycles. The minimum atomic E-state index is 0.136. The smallest absolute Gasteiger partial charge is 0.227 e. The van der Waals surface area contributed by atoms with Crippen LogP contribution in [0.25, 0.3) is 0 Å². The highest BCUT2D eigenvalue weighted by molar-refractivity contribution is 6.30. The molecular weight excluding hydrogens is 281 g/mol. The van der Waals surface area contributed by atoms with Crippen LogP contribution in [0, 0.1) is 0 Å². The average molecular weight is 302 g/mol. The minimum absolute atomic E-state index is 0.136. The molecule has 0 aromatic heterocycles. The lowest BCUT2D eigenvalue weighted by Gasteiger charge is -2.30. The van der Waals surface area contributed by atoms with Gasteiger partial charge in [0.25, 0.3) is 0 Å². The van der Waals surface area contributed by atoms with Crippen molar-refractivity contribution in [2.75, 3.05) is 12.4 Å². The second kappa shape index (κ2) is 8.44. The van der Waals surface area contributed by atoms with Crippen LogP contribution in [0.15, 0.2) is 24.3 Å². The SMILES string of the molecule is CCC(CC)N(CCCl)C(=O)Cc1ccc(Cl)cc1. The van der Waals surface area contributed by atoms with E-state index in [4.69, 9.17) is 23.2 Å². The fourth-order valence-corrected chi connectivity index (χ4v) is 2.52. The van der Waals surface area contributed by atoms with Crippen molar-refractivity contribution in [3.8, 4) is 0 Å². The Balaban J connectivity index is 2.73. The number of hydrogen-bond acceptors (Lipinski definition) is 1. The first-order chi connectivity index (χ1) is 9.12. The van der Waals surface area contributed by atoms with Crippen LogP contribution in [0.5, 0.6) is 0 Å². The molecule has 0 aliphatic carbocycles. The Morgan fingerprint density at radius 1 is 1.21 bits per heavy atom. The monoisotopic (exact) mass is 301 g/mol. The van der Waals surface area contributed by atoms with Crippen LogP contribution >= 0.6 is 23.2 Å². The van der Waals surface area contributed by atoms with Gasteiger partial charge in [-0.05, 0) is 30.5 Å². The highest BCUT2D eigenvalue weighted by Gasteiger charge is 2.20. The molecule has 0 saturated heterocycles. The molecule has 1 aromatic carbocycles. The van der Waals surface area contributed by atoms with E-state index < -0.39 is 0 Å². The lowest BCUT2D eigenvalue weighted by atomic mass is 10.1. The summed E-state index contributed by atoms with van der Waals surface area (Å²) in [7, 11) is 0. The molecule has 0 bridgehead atoms. The molecule has 0 aliphatic rings. The molecule has 0 radical (unpaired) electrons. The van der Waals surface area contributed by atoms with E-state index in [1.807, 2.05) is 29.2 Å². The van der Waals surface area contributed by atoms with Crippen molar-refractivity contribution < 1.29 is 4.79 Å². The Labute approximate surface area is 125 Å². The van der Waals surface area contributed by atoms with Crippen LogP contribution in [0.2, 0.25) is 5.02 Å². The summed E-state index contributed by atoms with van der Waals surface area (Å²) in [6, 6.07) is 7.69. The van der Waals surface area contributed by atoms with Crippen LogP contribution in [0.3, 0.4) is 0 Å². The summed E-state index contributed by atoms with van der Waals surface area (Å²) < 4.78 is 0. The Kier molecular flexibility index (Phi) is 7.25. The molecule has 19 heavy (non-hydrogen) atoms. The zero-order valence-corrected chi connectivity index (χ0v) is 13.0. The van der Waals surface area contributed by atoms with E-state index in [1.54, 1.807) is 0 Å². The summed E-state index contributed by atoms with van der Waals surface area (Å²) >= 11 is 11.7. The summed E-state index contributed by atoms with van der Waals surface area (Å²) in [5.41, 5.74) is 0.986. The third kappa shape index (κ3) is 5.04. The Morgan fingerprint density at radius 2 is 1.79 bits per heavy atom. The molecule has 1 amide bonds. The molecule has 0 aliphatic heterocycles. The number of amides is 1. The third-order valence-corrected chi connectivity index (χ3v) is 3.72. The van der Waals surface area contributed by atoms with E-state index >= 15 is 0 Å². The largest absolute Gasteiger partial charge is 0.338 e. The van der Waals surface area contributed by atoms with Gasteiger partial charge in [0.2, 0.25) is 5.91 Å². The van der Waals surface area contributed by atoms with E-state index in [0.717, 1.165) is 18.4 Å². The molecule has 0 spiro atoms. The highest BCUT2D eigenvalue weighted by atomic mass is 35.5. The standard InChI is InChI=1S/C15H21Cl2NO/c1-3-14(4-2)18(10-9-16)15(19)11-12-5-7-13(17)8-6-12/h5-8,14H,3-4,9-11H2,1-2H3. The first-order valence-corrected chi connectivity index (χ1v) is 7.63. The first kappa shape index (κ1) is 16.3. The summed E-state index contributed by atoms with van der Waals surface area (Å²) in [5.74, 6) is 0.611. The van der Waals surface area contributed by atoms with Gasteiger partial charge in [-0.1, -0.05) is 37.6 Å². The van der Waals surface area contributed by atoms with E-state index in [2.05, 4.69) is 13.8 Å². The van der Waals surface area contributed by atoms with Gasteiger partial charge in [-0.25, -0.2) is 0 Å². The van der Waals surface area contributed by atoms with Crippen LogP contribution in [-0.4, -0.2) is 29.3 Å². The fourth-order valence-electron chi connectivity index (χ4n) is 2.21. The second-order valence-electron chi connectivity index (χ2n) is 4.55.